The van der Waals surface area contributed by atoms with Gasteiger partial charge in [0, 0.05) is 18.3 Å². The van der Waals surface area contributed by atoms with Gasteiger partial charge in [-0.15, -0.1) is 0 Å². The minimum Gasteiger partial charge on any atom is -0.396 e. The maximum Gasteiger partial charge on any atom is 0.0471 e. The van der Waals surface area contributed by atoms with Crippen molar-refractivity contribution in [2.45, 2.75) is 52.5 Å². The largest absolute Gasteiger partial charge is 0.396 e. The molecule has 1 aliphatic carbocycles. The topological polar surface area (TPSA) is 32.3 Å². The number of nitrogens with one attached hydrogen (secondary N) is 1. The fourth-order valence-corrected chi connectivity index (χ4v) is 3.48. The van der Waals surface area contributed by atoms with Crippen molar-refractivity contribution in [3.8, 4) is 0 Å². The van der Waals surface area contributed by atoms with Gasteiger partial charge in [-0.3, -0.25) is 0 Å². The first-order valence-corrected chi connectivity index (χ1v) is 8.06. The SMILES string of the molecule is CC1CCC(C(C)C)C(Nc2ccc(CCO)cc2)C1. The summed E-state index contributed by atoms with van der Waals surface area (Å²) in [7, 11) is 0. The lowest BCUT2D eigenvalue weighted by Crippen LogP contribution is -2.37. The summed E-state index contributed by atoms with van der Waals surface area (Å²) in [6, 6.07) is 9.15. The maximum absolute atomic E-state index is 8.96. The van der Waals surface area contributed by atoms with E-state index >= 15 is 0 Å². The molecule has 112 valence electrons. The minimum absolute atomic E-state index is 0.225. The second kappa shape index (κ2) is 7.12. The molecular weight excluding hydrogens is 246 g/mol. The minimum atomic E-state index is 0.225. The molecule has 3 atom stereocenters. The highest BCUT2D eigenvalue weighted by Crippen LogP contribution is 2.35. The molecule has 0 spiro atoms. The molecule has 1 aromatic carbocycles. The van der Waals surface area contributed by atoms with Gasteiger partial charge in [-0.2, -0.15) is 0 Å². The Hall–Kier alpha value is -1.02. The molecule has 1 aromatic rings. The molecule has 2 heteroatoms. The fraction of sp³-hybridized carbons (Fsp3) is 0.667. The second-order valence-electron chi connectivity index (χ2n) is 6.75. The van der Waals surface area contributed by atoms with Crippen molar-refractivity contribution >= 4 is 5.69 Å². The van der Waals surface area contributed by atoms with E-state index in [0.717, 1.165) is 24.2 Å². The number of rotatable bonds is 5. The van der Waals surface area contributed by atoms with Gasteiger partial charge in [0.05, 0.1) is 0 Å². The van der Waals surface area contributed by atoms with Gasteiger partial charge < -0.3 is 10.4 Å². The zero-order chi connectivity index (χ0) is 14.5. The van der Waals surface area contributed by atoms with E-state index in [2.05, 4.69) is 50.4 Å². The smallest absolute Gasteiger partial charge is 0.0471 e. The van der Waals surface area contributed by atoms with Gasteiger partial charge in [0.2, 0.25) is 0 Å². The van der Waals surface area contributed by atoms with Crippen molar-refractivity contribution < 1.29 is 5.11 Å². The summed E-state index contributed by atoms with van der Waals surface area (Å²) >= 11 is 0. The molecule has 0 radical (unpaired) electrons. The van der Waals surface area contributed by atoms with Crippen molar-refractivity contribution in [2.75, 3.05) is 11.9 Å². The van der Waals surface area contributed by atoms with E-state index in [4.69, 9.17) is 5.11 Å². The van der Waals surface area contributed by atoms with Crippen LogP contribution in [0, 0.1) is 17.8 Å². The van der Waals surface area contributed by atoms with Gasteiger partial charge in [0.1, 0.15) is 0 Å². The molecule has 0 bridgehead atoms. The van der Waals surface area contributed by atoms with Crippen LogP contribution in [0.4, 0.5) is 5.69 Å². The van der Waals surface area contributed by atoms with E-state index in [0.29, 0.717) is 6.04 Å². The van der Waals surface area contributed by atoms with Crippen LogP contribution in [-0.4, -0.2) is 17.8 Å². The lowest BCUT2D eigenvalue weighted by molar-refractivity contribution is 0.212. The summed E-state index contributed by atoms with van der Waals surface area (Å²) in [4.78, 5) is 0. The molecule has 2 rings (SSSR count). The molecule has 0 amide bonds. The fourth-order valence-electron chi connectivity index (χ4n) is 3.48. The Bertz CT molecular complexity index is 398. The highest BCUT2D eigenvalue weighted by atomic mass is 16.2. The number of anilines is 1. The van der Waals surface area contributed by atoms with Crippen LogP contribution in [-0.2, 0) is 6.42 Å². The van der Waals surface area contributed by atoms with Crippen LogP contribution in [0.15, 0.2) is 24.3 Å². The van der Waals surface area contributed by atoms with E-state index in [1.54, 1.807) is 0 Å². The third kappa shape index (κ3) is 3.99. The van der Waals surface area contributed by atoms with Crippen LogP contribution in [0.1, 0.15) is 45.6 Å². The van der Waals surface area contributed by atoms with Crippen molar-refractivity contribution in [1.29, 1.82) is 0 Å². The second-order valence-corrected chi connectivity index (χ2v) is 6.75. The predicted molar refractivity (Wildman–Crippen MR) is 86.0 cm³/mol. The Balaban J connectivity index is 2.02. The number of aliphatic hydroxyl groups is 1. The van der Waals surface area contributed by atoms with Gasteiger partial charge in [-0.05, 0) is 54.7 Å². The van der Waals surface area contributed by atoms with Crippen LogP contribution < -0.4 is 5.32 Å². The molecule has 3 unspecified atom stereocenters. The molecule has 0 aliphatic heterocycles. The summed E-state index contributed by atoms with van der Waals surface area (Å²) < 4.78 is 0. The van der Waals surface area contributed by atoms with Crippen LogP contribution >= 0.6 is 0 Å². The van der Waals surface area contributed by atoms with E-state index in [-0.39, 0.29) is 6.61 Å². The van der Waals surface area contributed by atoms with Gasteiger partial charge in [-0.25, -0.2) is 0 Å². The number of hydrogen-bond acceptors (Lipinski definition) is 2. The van der Waals surface area contributed by atoms with Crippen LogP contribution in [0.5, 0.6) is 0 Å². The van der Waals surface area contributed by atoms with E-state index in [1.165, 1.54) is 30.5 Å². The molecule has 0 heterocycles. The lowest BCUT2D eigenvalue weighted by atomic mass is 9.74. The van der Waals surface area contributed by atoms with Crippen molar-refractivity contribution in [3.05, 3.63) is 29.8 Å². The third-order valence-electron chi connectivity index (χ3n) is 4.73. The molecule has 20 heavy (non-hydrogen) atoms. The lowest BCUT2D eigenvalue weighted by Gasteiger charge is -2.38. The van der Waals surface area contributed by atoms with Crippen molar-refractivity contribution in [2.24, 2.45) is 17.8 Å². The summed E-state index contributed by atoms with van der Waals surface area (Å²) in [5, 5.41) is 12.7. The maximum atomic E-state index is 8.96. The first-order chi connectivity index (χ1) is 9.60. The van der Waals surface area contributed by atoms with E-state index in [1.807, 2.05) is 0 Å². The van der Waals surface area contributed by atoms with E-state index in [9.17, 15) is 0 Å². The van der Waals surface area contributed by atoms with Gasteiger partial charge in [0.15, 0.2) is 0 Å². The molecular formula is C18H29NO. The number of aliphatic hydroxyl groups excluding tert-OH is 1. The summed E-state index contributed by atoms with van der Waals surface area (Å²) in [6.07, 6.45) is 4.74. The summed E-state index contributed by atoms with van der Waals surface area (Å²) in [5.41, 5.74) is 2.42. The van der Waals surface area contributed by atoms with Crippen LogP contribution in [0.2, 0.25) is 0 Å². The quantitative estimate of drug-likeness (QED) is 0.848. The average molecular weight is 275 g/mol. The molecule has 2 N–H and O–H groups in total. The predicted octanol–water partition coefficient (Wildman–Crippen LogP) is 4.09. The Labute approximate surface area is 123 Å². The monoisotopic (exact) mass is 275 g/mol. The Morgan fingerprint density at radius 3 is 2.50 bits per heavy atom. The van der Waals surface area contributed by atoms with E-state index < -0.39 is 0 Å². The molecule has 1 fully saturated rings. The third-order valence-corrected chi connectivity index (χ3v) is 4.73. The molecule has 0 saturated heterocycles. The van der Waals surface area contributed by atoms with Gasteiger partial charge in [0.25, 0.3) is 0 Å². The standard InChI is InChI=1S/C18H29NO/c1-13(2)17-9-4-14(3)12-18(17)19-16-7-5-15(6-8-16)10-11-20/h5-8,13-14,17-20H,4,9-12H2,1-3H3. The first-order valence-electron chi connectivity index (χ1n) is 8.06. The Morgan fingerprint density at radius 2 is 1.90 bits per heavy atom. The van der Waals surface area contributed by atoms with Crippen LogP contribution in [0.3, 0.4) is 0 Å². The number of benzene rings is 1. The molecule has 1 aliphatic rings. The highest BCUT2D eigenvalue weighted by molar-refractivity contribution is 5.45. The van der Waals surface area contributed by atoms with Crippen molar-refractivity contribution in [3.63, 3.8) is 0 Å². The van der Waals surface area contributed by atoms with Crippen LogP contribution in [0.25, 0.3) is 0 Å². The van der Waals surface area contributed by atoms with Crippen molar-refractivity contribution in [1.82, 2.24) is 0 Å². The zero-order valence-electron chi connectivity index (χ0n) is 13.1. The highest BCUT2D eigenvalue weighted by Gasteiger charge is 2.30. The zero-order valence-corrected chi connectivity index (χ0v) is 13.1. The normalized spacial score (nSPS) is 26.8. The molecule has 2 nitrogen and oxygen atoms in total. The Kier molecular flexibility index (Phi) is 5.47. The van der Waals surface area contributed by atoms with Gasteiger partial charge >= 0.3 is 0 Å². The summed E-state index contributed by atoms with van der Waals surface area (Å²) in [5.74, 6) is 2.35. The molecule has 1 saturated carbocycles. The Morgan fingerprint density at radius 1 is 1.20 bits per heavy atom. The first kappa shape index (κ1) is 15.4. The average Bonchev–Trinajstić information content (AvgIpc) is 2.41. The van der Waals surface area contributed by atoms with Gasteiger partial charge in [-0.1, -0.05) is 39.3 Å². The molecule has 0 aromatic heterocycles. The number of hydrogen-bond donors (Lipinski definition) is 2. The summed E-state index contributed by atoms with van der Waals surface area (Å²) in [6.45, 7) is 7.29.